The highest BCUT2D eigenvalue weighted by Gasteiger charge is 2.35. The van der Waals surface area contributed by atoms with Crippen molar-refractivity contribution in [1.29, 1.82) is 0 Å². The van der Waals surface area contributed by atoms with Gasteiger partial charge in [0.2, 0.25) is 5.88 Å². The molecule has 1 aromatic rings. The number of rotatable bonds is 2. The van der Waals surface area contributed by atoms with E-state index in [9.17, 15) is 13.2 Å². The SMILES string of the molecule is FC(F)(F)c1cnc(OC2CC3CCC(C2)N3)c(Cl)c1. The second-order valence-corrected chi connectivity index (χ2v) is 5.77. The van der Waals surface area contributed by atoms with Crippen LogP contribution < -0.4 is 10.1 Å². The molecule has 110 valence electrons. The molecule has 0 spiro atoms. The first-order valence-electron chi connectivity index (χ1n) is 6.57. The molecule has 1 aromatic heterocycles. The van der Waals surface area contributed by atoms with Crippen molar-refractivity contribution in [2.24, 2.45) is 0 Å². The predicted octanol–water partition coefficient (Wildman–Crippen LogP) is 3.42. The molecule has 2 saturated heterocycles. The molecule has 20 heavy (non-hydrogen) atoms. The zero-order valence-electron chi connectivity index (χ0n) is 10.6. The summed E-state index contributed by atoms with van der Waals surface area (Å²) in [5.41, 5.74) is -0.861. The average Bonchev–Trinajstić information content (AvgIpc) is 2.70. The zero-order valence-corrected chi connectivity index (χ0v) is 11.3. The molecule has 2 bridgehead atoms. The van der Waals surface area contributed by atoms with Gasteiger partial charge in [0.1, 0.15) is 11.1 Å². The highest BCUT2D eigenvalue weighted by atomic mass is 35.5. The van der Waals surface area contributed by atoms with Gasteiger partial charge in [0.05, 0.1) is 5.56 Å². The van der Waals surface area contributed by atoms with E-state index in [1.54, 1.807) is 0 Å². The highest BCUT2D eigenvalue weighted by Crippen LogP contribution is 2.35. The maximum Gasteiger partial charge on any atom is 0.417 e. The van der Waals surface area contributed by atoms with Crippen LogP contribution in [0.5, 0.6) is 5.88 Å². The summed E-state index contributed by atoms with van der Waals surface area (Å²) in [6.45, 7) is 0. The summed E-state index contributed by atoms with van der Waals surface area (Å²) >= 11 is 5.84. The van der Waals surface area contributed by atoms with Crippen molar-refractivity contribution in [3.63, 3.8) is 0 Å². The number of halogens is 4. The average molecular weight is 307 g/mol. The summed E-state index contributed by atoms with van der Waals surface area (Å²) < 4.78 is 43.2. The van der Waals surface area contributed by atoms with E-state index in [1.165, 1.54) is 0 Å². The number of hydrogen-bond acceptors (Lipinski definition) is 3. The topological polar surface area (TPSA) is 34.1 Å². The lowest BCUT2D eigenvalue weighted by molar-refractivity contribution is -0.137. The van der Waals surface area contributed by atoms with E-state index in [0.717, 1.165) is 37.9 Å². The Kier molecular flexibility index (Phi) is 3.54. The smallest absolute Gasteiger partial charge is 0.417 e. The van der Waals surface area contributed by atoms with Gasteiger partial charge in [-0.15, -0.1) is 0 Å². The quantitative estimate of drug-likeness (QED) is 0.909. The molecule has 3 nitrogen and oxygen atoms in total. The summed E-state index contributed by atoms with van der Waals surface area (Å²) in [5, 5.41) is 3.38. The van der Waals surface area contributed by atoms with Gasteiger partial charge in [-0.1, -0.05) is 11.6 Å². The minimum atomic E-state index is -4.44. The fourth-order valence-corrected chi connectivity index (χ4v) is 3.14. The van der Waals surface area contributed by atoms with Crippen molar-refractivity contribution in [1.82, 2.24) is 10.3 Å². The second-order valence-electron chi connectivity index (χ2n) is 5.36. The lowest BCUT2D eigenvalue weighted by Gasteiger charge is -2.29. The predicted molar refractivity (Wildman–Crippen MR) is 67.8 cm³/mol. The highest BCUT2D eigenvalue weighted by molar-refractivity contribution is 6.31. The first-order chi connectivity index (χ1) is 9.41. The molecule has 2 aliphatic rings. The third kappa shape index (κ3) is 2.86. The number of nitrogens with zero attached hydrogens (tertiary/aromatic N) is 1. The van der Waals surface area contributed by atoms with Crippen molar-refractivity contribution in [2.75, 3.05) is 0 Å². The lowest BCUT2D eigenvalue weighted by atomic mass is 10.0. The van der Waals surface area contributed by atoms with Crippen molar-refractivity contribution in [2.45, 2.75) is 50.0 Å². The van der Waals surface area contributed by atoms with Crippen LogP contribution in [0.4, 0.5) is 13.2 Å². The van der Waals surface area contributed by atoms with E-state index in [4.69, 9.17) is 16.3 Å². The Morgan fingerprint density at radius 3 is 2.45 bits per heavy atom. The molecule has 0 saturated carbocycles. The van der Waals surface area contributed by atoms with Crippen LogP contribution in [-0.2, 0) is 6.18 Å². The van der Waals surface area contributed by atoms with Crippen LogP contribution in [0, 0.1) is 0 Å². The summed E-state index contributed by atoms with van der Waals surface area (Å²) in [4.78, 5) is 3.71. The Hall–Kier alpha value is -1.01. The molecule has 3 heterocycles. The number of hydrogen-bond donors (Lipinski definition) is 1. The fraction of sp³-hybridized carbons (Fsp3) is 0.615. The van der Waals surface area contributed by atoms with Gasteiger partial charge < -0.3 is 10.1 Å². The molecule has 0 amide bonds. The third-order valence-corrected chi connectivity index (χ3v) is 4.11. The zero-order chi connectivity index (χ0) is 14.3. The third-order valence-electron chi connectivity index (χ3n) is 3.84. The van der Waals surface area contributed by atoms with Gasteiger partial charge in [-0.25, -0.2) is 4.98 Å². The molecular formula is C13H14ClF3N2O. The molecule has 2 unspecified atom stereocenters. The van der Waals surface area contributed by atoms with Crippen LogP contribution >= 0.6 is 11.6 Å². The minimum Gasteiger partial charge on any atom is -0.473 e. The van der Waals surface area contributed by atoms with Gasteiger partial charge >= 0.3 is 6.18 Å². The maximum atomic E-state index is 12.5. The van der Waals surface area contributed by atoms with Crippen LogP contribution in [0.2, 0.25) is 5.02 Å². The number of alkyl halides is 3. The first-order valence-corrected chi connectivity index (χ1v) is 6.95. The van der Waals surface area contributed by atoms with Gasteiger partial charge in [0.25, 0.3) is 0 Å². The Morgan fingerprint density at radius 1 is 1.25 bits per heavy atom. The summed E-state index contributed by atoms with van der Waals surface area (Å²) in [6, 6.07) is 1.73. The van der Waals surface area contributed by atoms with E-state index < -0.39 is 11.7 Å². The van der Waals surface area contributed by atoms with E-state index in [2.05, 4.69) is 10.3 Å². The summed E-state index contributed by atoms with van der Waals surface area (Å²) in [6.07, 6.45) is 0.220. The van der Waals surface area contributed by atoms with Crippen molar-refractivity contribution < 1.29 is 17.9 Å². The lowest BCUT2D eigenvalue weighted by Crippen LogP contribution is -2.42. The largest absolute Gasteiger partial charge is 0.473 e. The van der Waals surface area contributed by atoms with Gasteiger partial charge in [-0.05, 0) is 31.7 Å². The Balaban J connectivity index is 1.72. The number of ether oxygens (including phenoxy) is 1. The second kappa shape index (κ2) is 5.07. The maximum absolute atomic E-state index is 12.5. The molecule has 2 fully saturated rings. The number of aromatic nitrogens is 1. The molecule has 2 aliphatic heterocycles. The normalized spacial score (nSPS) is 29.5. The van der Waals surface area contributed by atoms with Crippen molar-refractivity contribution in [3.05, 3.63) is 22.8 Å². The minimum absolute atomic E-state index is 0.0320. The Bertz CT molecular complexity index is 497. The molecule has 1 N–H and O–H groups in total. The number of piperidine rings is 1. The van der Waals surface area contributed by atoms with Crippen LogP contribution in [0.1, 0.15) is 31.2 Å². The standard InChI is InChI=1S/C13H14ClF3N2O/c14-11-3-7(13(15,16)17)6-18-12(11)20-10-4-8-1-2-9(5-10)19-8/h3,6,8-10,19H,1-2,4-5H2. The summed E-state index contributed by atoms with van der Waals surface area (Å²) in [5.74, 6) is 0.0889. The van der Waals surface area contributed by atoms with Crippen LogP contribution in [0.15, 0.2) is 12.3 Å². The molecule has 0 radical (unpaired) electrons. The van der Waals surface area contributed by atoms with E-state index in [0.29, 0.717) is 12.1 Å². The summed E-state index contributed by atoms with van der Waals surface area (Å²) in [7, 11) is 0. The first kappa shape index (κ1) is 13.9. The Labute approximate surface area is 119 Å². The van der Waals surface area contributed by atoms with Crippen molar-refractivity contribution in [3.8, 4) is 5.88 Å². The van der Waals surface area contributed by atoms with Gasteiger partial charge in [-0.2, -0.15) is 13.2 Å². The molecule has 0 aromatic carbocycles. The number of nitrogens with one attached hydrogen (secondary N) is 1. The molecule has 7 heteroatoms. The van der Waals surface area contributed by atoms with E-state index in [-0.39, 0.29) is 17.0 Å². The number of fused-ring (bicyclic) bond motifs is 2. The van der Waals surface area contributed by atoms with Crippen LogP contribution in [-0.4, -0.2) is 23.2 Å². The van der Waals surface area contributed by atoms with Crippen LogP contribution in [0.25, 0.3) is 0 Å². The number of pyridine rings is 1. The monoisotopic (exact) mass is 306 g/mol. The van der Waals surface area contributed by atoms with E-state index >= 15 is 0 Å². The molecule has 2 atom stereocenters. The van der Waals surface area contributed by atoms with Crippen LogP contribution in [0.3, 0.4) is 0 Å². The molecular weight excluding hydrogens is 293 g/mol. The molecule has 3 rings (SSSR count). The van der Waals surface area contributed by atoms with Crippen molar-refractivity contribution >= 4 is 11.6 Å². The van der Waals surface area contributed by atoms with Gasteiger partial charge in [0.15, 0.2) is 0 Å². The molecule has 0 aliphatic carbocycles. The fourth-order valence-electron chi connectivity index (χ4n) is 2.93. The van der Waals surface area contributed by atoms with Gasteiger partial charge in [-0.3, -0.25) is 0 Å². The van der Waals surface area contributed by atoms with E-state index in [1.807, 2.05) is 0 Å². The Morgan fingerprint density at radius 2 is 1.90 bits per heavy atom. The van der Waals surface area contributed by atoms with Gasteiger partial charge in [0, 0.05) is 18.3 Å².